The number of carbonyl (C=O) groups is 1. The summed E-state index contributed by atoms with van der Waals surface area (Å²) in [6.45, 7) is 26.5. The minimum Gasteiger partial charge on any atom is -0.410 e. The lowest BCUT2D eigenvalue weighted by molar-refractivity contribution is 0.160. The maximum atomic E-state index is 13.0. The predicted molar refractivity (Wildman–Crippen MR) is 206 cm³/mol. The van der Waals surface area contributed by atoms with E-state index in [0.717, 1.165) is 11.3 Å². The van der Waals surface area contributed by atoms with E-state index in [-0.39, 0.29) is 33.8 Å². The Hall–Kier alpha value is -4.44. The topological polar surface area (TPSA) is 42.4 Å². The van der Waals surface area contributed by atoms with Crippen molar-refractivity contribution in [1.82, 2.24) is 9.88 Å². The molecular formula is C45H56N2O2. The average Bonchev–Trinajstić information content (AvgIpc) is 3.04. The smallest absolute Gasteiger partial charge is 0.410 e. The fourth-order valence-corrected chi connectivity index (χ4v) is 5.51. The van der Waals surface area contributed by atoms with Gasteiger partial charge in [0, 0.05) is 18.0 Å². The van der Waals surface area contributed by atoms with E-state index in [4.69, 9.17) is 4.74 Å². The molecule has 4 nitrogen and oxygen atoms in total. The molecular weight excluding hydrogens is 601 g/mol. The first-order chi connectivity index (χ1) is 22.7. The van der Waals surface area contributed by atoms with Crippen LogP contribution in [0.15, 0.2) is 121 Å². The number of hydrogen-bond donors (Lipinski definition) is 0. The van der Waals surface area contributed by atoms with E-state index in [2.05, 4.69) is 155 Å². The normalized spacial score (nSPS) is 15.2. The van der Waals surface area contributed by atoms with Crippen molar-refractivity contribution in [2.45, 2.75) is 105 Å². The molecule has 0 radical (unpaired) electrons. The number of ether oxygens (including phenoxy) is 1. The van der Waals surface area contributed by atoms with E-state index in [1.165, 1.54) is 27.8 Å². The quantitative estimate of drug-likeness (QED) is 0.220. The molecule has 1 unspecified atom stereocenters. The van der Waals surface area contributed by atoms with Crippen molar-refractivity contribution in [2.24, 2.45) is 5.41 Å². The number of benzene rings is 3. The van der Waals surface area contributed by atoms with Gasteiger partial charge in [0.15, 0.2) is 0 Å². The van der Waals surface area contributed by atoms with Crippen LogP contribution in [0.25, 0.3) is 11.3 Å². The van der Waals surface area contributed by atoms with Crippen LogP contribution in [-0.2, 0) is 16.2 Å². The highest BCUT2D eigenvalue weighted by Crippen LogP contribution is 2.37. The molecule has 1 aliphatic rings. The Balaban J connectivity index is 0.000000237. The van der Waals surface area contributed by atoms with Crippen LogP contribution in [-0.4, -0.2) is 16.0 Å². The number of aromatic nitrogens is 1. The van der Waals surface area contributed by atoms with E-state index in [1.807, 2.05) is 36.7 Å². The zero-order chi connectivity index (χ0) is 36.2. The first-order valence-electron chi connectivity index (χ1n) is 17.4. The lowest BCUT2D eigenvalue weighted by Crippen LogP contribution is -2.34. The van der Waals surface area contributed by atoms with Crippen LogP contribution in [0.4, 0.5) is 4.79 Å². The summed E-state index contributed by atoms with van der Waals surface area (Å²) in [5.41, 5.74) is 8.88. The van der Waals surface area contributed by atoms with Gasteiger partial charge in [-0.3, -0.25) is 9.88 Å². The number of rotatable bonds is 3. The standard InChI is InChI=1S/C26H31NO2.C19H25N/c1-25(2,3)20-14-12-19(13-15-20)23-18-21(26(4,5)6)16-17-27(23)24(28)29-22-10-8-7-9-11-22;1-18(2,3)15-9-7-14(8-10-15)17-13-16(11-12-20-17)19(4,5)6/h7-18,23H,1-6H3;7-13H,1-6H3. The molecule has 0 saturated heterocycles. The third-order valence-electron chi connectivity index (χ3n) is 8.87. The number of nitrogens with zero attached hydrogens (tertiary/aromatic N) is 2. The van der Waals surface area contributed by atoms with E-state index >= 15 is 0 Å². The number of hydrogen-bond acceptors (Lipinski definition) is 3. The van der Waals surface area contributed by atoms with Crippen LogP contribution in [0.5, 0.6) is 5.75 Å². The number of carbonyl (C=O) groups excluding carboxylic acids is 1. The summed E-state index contributed by atoms with van der Waals surface area (Å²) in [6.07, 6.45) is 7.54. The number of amides is 1. The zero-order valence-corrected chi connectivity index (χ0v) is 31.8. The zero-order valence-electron chi connectivity index (χ0n) is 31.8. The van der Waals surface area contributed by atoms with Gasteiger partial charge in [-0.2, -0.15) is 0 Å². The van der Waals surface area contributed by atoms with Crippen molar-refractivity contribution in [3.05, 3.63) is 143 Å². The Labute approximate surface area is 296 Å². The number of para-hydroxylation sites is 1. The van der Waals surface area contributed by atoms with Crippen molar-refractivity contribution in [2.75, 3.05) is 0 Å². The molecule has 3 aromatic carbocycles. The van der Waals surface area contributed by atoms with Gasteiger partial charge >= 0.3 is 6.09 Å². The summed E-state index contributed by atoms with van der Waals surface area (Å²) in [5, 5.41) is 0. The molecule has 4 heteroatoms. The van der Waals surface area contributed by atoms with Gasteiger partial charge < -0.3 is 4.74 Å². The summed E-state index contributed by atoms with van der Waals surface area (Å²) < 4.78 is 5.61. The van der Waals surface area contributed by atoms with Crippen LogP contribution in [0.1, 0.15) is 111 Å². The van der Waals surface area contributed by atoms with E-state index in [0.29, 0.717) is 5.75 Å². The monoisotopic (exact) mass is 656 g/mol. The minimum atomic E-state index is -0.387. The molecule has 1 aliphatic heterocycles. The summed E-state index contributed by atoms with van der Waals surface area (Å²) in [5.74, 6) is 0.540. The molecule has 5 rings (SSSR count). The Bertz CT molecular complexity index is 1750. The van der Waals surface area contributed by atoms with Crippen LogP contribution < -0.4 is 4.74 Å². The molecule has 2 heterocycles. The van der Waals surface area contributed by atoms with E-state index < -0.39 is 0 Å². The number of allylic oxidation sites excluding steroid dienone is 2. The van der Waals surface area contributed by atoms with Crippen molar-refractivity contribution in [1.29, 1.82) is 0 Å². The molecule has 4 aromatic rings. The van der Waals surface area contributed by atoms with Crippen LogP contribution >= 0.6 is 0 Å². The van der Waals surface area contributed by atoms with Crippen LogP contribution in [0.3, 0.4) is 0 Å². The highest BCUT2D eigenvalue weighted by Gasteiger charge is 2.30. The molecule has 0 N–H and O–H groups in total. The largest absolute Gasteiger partial charge is 0.420 e. The fourth-order valence-electron chi connectivity index (χ4n) is 5.51. The molecule has 0 aliphatic carbocycles. The molecule has 1 amide bonds. The summed E-state index contributed by atoms with van der Waals surface area (Å²) >= 11 is 0. The molecule has 258 valence electrons. The second-order valence-electron chi connectivity index (χ2n) is 17.1. The van der Waals surface area contributed by atoms with Gasteiger partial charge in [0.2, 0.25) is 0 Å². The van der Waals surface area contributed by atoms with E-state index in [1.54, 1.807) is 17.0 Å². The average molecular weight is 657 g/mol. The minimum absolute atomic E-state index is 0.00444. The SMILES string of the molecule is CC(C)(C)C1=CC(c2ccc(C(C)(C)C)cc2)N(C(=O)Oc2ccccc2)C=C1.CC(C)(C)c1ccc(-c2cc(C(C)(C)C)ccn2)cc1. The van der Waals surface area contributed by atoms with Crippen molar-refractivity contribution in [3.63, 3.8) is 0 Å². The van der Waals surface area contributed by atoms with Gasteiger partial charge in [-0.25, -0.2) is 4.79 Å². The lowest BCUT2D eigenvalue weighted by atomic mass is 9.82. The summed E-state index contributed by atoms with van der Waals surface area (Å²) in [4.78, 5) is 19.1. The van der Waals surface area contributed by atoms with Crippen molar-refractivity contribution < 1.29 is 9.53 Å². The second-order valence-corrected chi connectivity index (χ2v) is 17.1. The van der Waals surface area contributed by atoms with Crippen molar-refractivity contribution >= 4 is 6.09 Å². The van der Waals surface area contributed by atoms with Crippen LogP contribution in [0, 0.1) is 5.41 Å². The van der Waals surface area contributed by atoms with Gasteiger partial charge in [-0.05, 0) is 79.8 Å². The Morgan fingerprint density at radius 2 is 1.16 bits per heavy atom. The Morgan fingerprint density at radius 3 is 1.67 bits per heavy atom. The maximum Gasteiger partial charge on any atom is 0.420 e. The second kappa shape index (κ2) is 14.6. The first-order valence-corrected chi connectivity index (χ1v) is 17.4. The molecule has 1 aromatic heterocycles. The van der Waals surface area contributed by atoms with Gasteiger partial charge in [-0.15, -0.1) is 0 Å². The van der Waals surface area contributed by atoms with Gasteiger partial charge in [-0.1, -0.05) is 156 Å². The third-order valence-corrected chi connectivity index (χ3v) is 8.87. The highest BCUT2D eigenvalue weighted by atomic mass is 16.6. The fraction of sp³-hybridized carbons (Fsp3) is 0.378. The Kier molecular flexibility index (Phi) is 11.1. The predicted octanol–water partition coefficient (Wildman–Crippen LogP) is 12.4. The lowest BCUT2D eigenvalue weighted by Gasteiger charge is -2.33. The first kappa shape index (κ1) is 37.4. The molecule has 0 saturated carbocycles. The summed E-state index contributed by atoms with van der Waals surface area (Å²) in [6, 6.07) is 30.6. The highest BCUT2D eigenvalue weighted by molar-refractivity contribution is 5.73. The molecule has 0 fully saturated rings. The molecule has 0 spiro atoms. The van der Waals surface area contributed by atoms with Gasteiger partial charge in [0.25, 0.3) is 0 Å². The molecule has 49 heavy (non-hydrogen) atoms. The Morgan fingerprint density at radius 1 is 0.633 bits per heavy atom. The maximum absolute atomic E-state index is 13.0. The van der Waals surface area contributed by atoms with Crippen molar-refractivity contribution in [3.8, 4) is 17.0 Å². The van der Waals surface area contributed by atoms with E-state index in [9.17, 15) is 4.79 Å². The number of pyridine rings is 1. The van der Waals surface area contributed by atoms with Gasteiger partial charge in [0.05, 0.1) is 11.7 Å². The summed E-state index contributed by atoms with van der Waals surface area (Å²) in [7, 11) is 0. The third kappa shape index (κ3) is 10.0. The van der Waals surface area contributed by atoms with Gasteiger partial charge in [0.1, 0.15) is 5.75 Å². The molecule has 1 atom stereocenters. The molecule has 0 bridgehead atoms. The van der Waals surface area contributed by atoms with Crippen LogP contribution in [0.2, 0.25) is 0 Å².